The first-order chi connectivity index (χ1) is 9.35. The SMILES string of the molecule is CC(C)Oc1c(F)cc(N/N=C(\C#N)C(=N)N)cc1F. The molecule has 6 nitrogen and oxygen atoms in total. The third-order valence-corrected chi connectivity index (χ3v) is 2.01. The van der Waals surface area contributed by atoms with Gasteiger partial charge in [0.2, 0.25) is 5.71 Å². The summed E-state index contributed by atoms with van der Waals surface area (Å²) < 4.78 is 32.3. The maximum Gasteiger partial charge on any atom is 0.201 e. The zero-order valence-corrected chi connectivity index (χ0v) is 10.9. The van der Waals surface area contributed by atoms with Crippen LogP contribution in [0.25, 0.3) is 0 Å². The van der Waals surface area contributed by atoms with Crippen LogP contribution in [0, 0.1) is 28.4 Å². The molecule has 20 heavy (non-hydrogen) atoms. The monoisotopic (exact) mass is 281 g/mol. The predicted octanol–water partition coefficient (Wildman–Crippen LogP) is 1.98. The molecule has 0 aliphatic carbocycles. The van der Waals surface area contributed by atoms with Gasteiger partial charge in [-0.2, -0.15) is 10.4 Å². The molecule has 0 heterocycles. The minimum atomic E-state index is -0.905. The first kappa shape index (κ1) is 15.4. The molecule has 0 unspecified atom stereocenters. The third-order valence-electron chi connectivity index (χ3n) is 2.01. The molecule has 106 valence electrons. The van der Waals surface area contributed by atoms with Gasteiger partial charge < -0.3 is 10.5 Å². The Balaban J connectivity index is 3.01. The zero-order valence-electron chi connectivity index (χ0n) is 10.9. The van der Waals surface area contributed by atoms with Gasteiger partial charge in [0.25, 0.3) is 0 Å². The minimum absolute atomic E-state index is 0.0369. The highest BCUT2D eigenvalue weighted by Crippen LogP contribution is 2.26. The van der Waals surface area contributed by atoms with Gasteiger partial charge in [0.15, 0.2) is 23.2 Å². The number of nitrogens with zero attached hydrogens (tertiary/aromatic N) is 2. The molecule has 0 saturated heterocycles. The quantitative estimate of drug-likeness (QED) is 0.435. The van der Waals surface area contributed by atoms with Crippen LogP contribution >= 0.6 is 0 Å². The number of hydrogen-bond acceptors (Lipinski definition) is 5. The first-order valence-electron chi connectivity index (χ1n) is 5.59. The molecule has 1 aromatic carbocycles. The van der Waals surface area contributed by atoms with E-state index in [1.54, 1.807) is 19.9 Å². The fraction of sp³-hybridized carbons (Fsp3) is 0.250. The fourth-order valence-electron chi connectivity index (χ4n) is 1.24. The van der Waals surface area contributed by atoms with Crippen LogP contribution in [0.1, 0.15) is 13.8 Å². The largest absolute Gasteiger partial charge is 0.485 e. The van der Waals surface area contributed by atoms with Crippen LogP contribution in [0.2, 0.25) is 0 Å². The second-order valence-corrected chi connectivity index (χ2v) is 4.03. The van der Waals surface area contributed by atoms with Crippen molar-refractivity contribution in [1.82, 2.24) is 0 Å². The number of hydrogen-bond donors (Lipinski definition) is 3. The lowest BCUT2D eigenvalue weighted by Crippen LogP contribution is -2.21. The van der Waals surface area contributed by atoms with Gasteiger partial charge in [0, 0.05) is 12.1 Å². The van der Waals surface area contributed by atoms with Crippen LogP contribution in [-0.2, 0) is 0 Å². The molecule has 0 amide bonds. The average Bonchev–Trinajstić information content (AvgIpc) is 2.34. The van der Waals surface area contributed by atoms with Gasteiger partial charge in [-0.15, -0.1) is 0 Å². The first-order valence-corrected chi connectivity index (χ1v) is 5.59. The average molecular weight is 281 g/mol. The van der Waals surface area contributed by atoms with Crippen molar-refractivity contribution >= 4 is 17.2 Å². The lowest BCUT2D eigenvalue weighted by Gasteiger charge is -2.12. The summed E-state index contributed by atoms with van der Waals surface area (Å²) in [6, 6.07) is 3.48. The molecule has 0 saturated carbocycles. The van der Waals surface area contributed by atoms with Gasteiger partial charge in [-0.05, 0) is 13.8 Å². The number of nitrogens with two attached hydrogens (primary N) is 1. The number of nitriles is 1. The van der Waals surface area contributed by atoms with E-state index in [1.807, 2.05) is 0 Å². The number of anilines is 1. The van der Waals surface area contributed by atoms with E-state index in [4.69, 9.17) is 21.1 Å². The number of amidine groups is 1. The van der Waals surface area contributed by atoms with Crippen molar-refractivity contribution in [2.75, 3.05) is 5.43 Å². The standard InChI is InChI=1S/C12H13F2N5O/c1-6(2)20-11-8(13)3-7(4-9(11)14)18-19-10(5-15)12(16)17/h3-4,6,18H,1-2H3,(H3,16,17)/b19-10+. The molecular formula is C12H13F2N5O. The molecule has 0 aromatic heterocycles. The van der Waals surface area contributed by atoms with Crippen molar-refractivity contribution < 1.29 is 13.5 Å². The summed E-state index contributed by atoms with van der Waals surface area (Å²) in [5, 5.41) is 19.1. The van der Waals surface area contributed by atoms with Gasteiger partial charge >= 0.3 is 0 Å². The summed E-state index contributed by atoms with van der Waals surface area (Å²) in [5.41, 5.74) is 6.89. The number of halogens is 2. The van der Waals surface area contributed by atoms with E-state index in [0.29, 0.717) is 0 Å². The zero-order chi connectivity index (χ0) is 15.3. The van der Waals surface area contributed by atoms with E-state index < -0.39 is 28.9 Å². The molecule has 0 radical (unpaired) electrons. The van der Waals surface area contributed by atoms with Crippen LogP contribution in [0.15, 0.2) is 17.2 Å². The topological polar surface area (TPSA) is 107 Å². The molecule has 8 heteroatoms. The number of hydrazone groups is 1. The van der Waals surface area contributed by atoms with Gasteiger partial charge in [-0.3, -0.25) is 10.8 Å². The van der Waals surface area contributed by atoms with Crippen LogP contribution in [0.4, 0.5) is 14.5 Å². The van der Waals surface area contributed by atoms with Crippen LogP contribution < -0.4 is 15.9 Å². The Morgan fingerprint density at radius 2 is 2.00 bits per heavy atom. The smallest absolute Gasteiger partial charge is 0.201 e. The van der Waals surface area contributed by atoms with Crippen molar-refractivity contribution in [3.63, 3.8) is 0 Å². The number of rotatable bonds is 5. The second kappa shape index (κ2) is 6.47. The molecule has 1 aromatic rings. The summed E-state index contributed by atoms with van der Waals surface area (Å²) in [4.78, 5) is 0. The predicted molar refractivity (Wildman–Crippen MR) is 70.7 cm³/mol. The van der Waals surface area contributed by atoms with Gasteiger partial charge in [0.1, 0.15) is 6.07 Å². The van der Waals surface area contributed by atoms with Gasteiger partial charge in [-0.25, -0.2) is 8.78 Å². The second-order valence-electron chi connectivity index (χ2n) is 4.03. The van der Waals surface area contributed by atoms with Crippen molar-refractivity contribution in [1.29, 1.82) is 10.7 Å². The molecule has 0 aliphatic heterocycles. The van der Waals surface area contributed by atoms with E-state index in [1.165, 1.54) is 0 Å². The van der Waals surface area contributed by atoms with E-state index in [9.17, 15) is 8.78 Å². The summed E-state index contributed by atoms with van der Waals surface area (Å²) in [6.07, 6.45) is -0.376. The van der Waals surface area contributed by atoms with Crippen LogP contribution in [-0.4, -0.2) is 17.7 Å². The molecular weight excluding hydrogens is 268 g/mol. The minimum Gasteiger partial charge on any atom is -0.485 e. The van der Waals surface area contributed by atoms with Crippen LogP contribution in [0.5, 0.6) is 5.75 Å². The summed E-state index contributed by atoms with van der Waals surface area (Å²) >= 11 is 0. The Morgan fingerprint density at radius 3 is 2.40 bits per heavy atom. The highest BCUT2D eigenvalue weighted by atomic mass is 19.1. The lowest BCUT2D eigenvalue weighted by molar-refractivity contribution is 0.219. The molecule has 1 rings (SSSR count). The Hall–Kier alpha value is -2.69. The third kappa shape index (κ3) is 3.91. The molecule has 0 bridgehead atoms. The maximum atomic E-state index is 13.7. The Bertz CT molecular complexity index is 569. The van der Waals surface area contributed by atoms with Gasteiger partial charge in [-0.1, -0.05) is 0 Å². The van der Waals surface area contributed by atoms with E-state index in [-0.39, 0.29) is 11.8 Å². The van der Waals surface area contributed by atoms with Crippen molar-refractivity contribution in [2.24, 2.45) is 10.8 Å². The van der Waals surface area contributed by atoms with E-state index in [0.717, 1.165) is 12.1 Å². The summed E-state index contributed by atoms with van der Waals surface area (Å²) in [7, 11) is 0. The Labute approximate surface area is 114 Å². The number of ether oxygens (including phenoxy) is 1. The Kier molecular flexibility index (Phi) is 4.97. The molecule has 0 atom stereocenters. The number of nitrogens with one attached hydrogen (secondary N) is 2. The fourth-order valence-corrected chi connectivity index (χ4v) is 1.24. The highest BCUT2D eigenvalue weighted by Gasteiger charge is 2.14. The summed E-state index contributed by atoms with van der Waals surface area (Å²) in [5.74, 6) is -2.85. The normalized spacial score (nSPS) is 11.1. The van der Waals surface area contributed by atoms with Crippen LogP contribution in [0.3, 0.4) is 0 Å². The maximum absolute atomic E-state index is 13.7. The van der Waals surface area contributed by atoms with Crippen molar-refractivity contribution in [3.8, 4) is 11.8 Å². The Morgan fingerprint density at radius 1 is 1.45 bits per heavy atom. The number of benzene rings is 1. The van der Waals surface area contributed by atoms with Gasteiger partial charge in [0.05, 0.1) is 11.8 Å². The highest BCUT2D eigenvalue weighted by molar-refractivity contribution is 6.45. The van der Waals surface area contributed by atoms with Crippen molar-refractivity contribution in [3.05, 3.63) is 23.8 Å². The lowest BCUT2D eigenvalue weighted by atomic mass is 10.2. The molecule has 0 fully saturated rings. The molecule has 0 aliphatic rings. The van der Waals surface area contributed by atoms with E-state index in [2.05, 4.69) is 10.5 Å². The molecule has 0 spiro atoms. The van der Waals surface area contributed by atoms with Crippen molar-refractivity contribution in [2.45, 2.75) is 20.0 Å². The van der Waals surface area contributed by atoms with E-state index >= 15 is 0 Å². The summed E-state index contributed by atoms with van der Waals surface area (Å²) in [6.45, 7) is 3.28. The molecule has 4 N–H and O–H groups in total.